The van der Waals surface area contributed by atoms with Crippen LogP contribution in [0.3, 0.4) is 0 Å². The van der Waals surface area contributed by atoms with E-state index in [0.29, 0.717) is 18.1 Å². The molecule has 0 unspecified atom stereocenters. The minimum atomic E-state index is -0.842. The van der Waals surface area contributed by atoms with Crippen LogP contribution in [0.2, 0.25) is 0 Å². The molecule has 0 spiro atoms. The van der Waals surface area contributed by atoms with Gasteiger partial charge in [-0.1, -0.05) is 6.07 Å². The first-order valence-corrected chi connectivity index (χ1v) is 5.33. The zero-order valence-corrected chi connectivity index (χ0v) is 9.04. The maximum absolute atomic E-state index is 9.58. The van der Waals surface area contributed by atoms with Crippen molar-refractivity contribution >= 4 is 12.6 Å². The lowest BCUT2D eigenvalue weighted by molar-refractivity contribution is 0.275. The third kappa shape index (κ3) is 2.02. The molecule has 17 heavy (non-hydrogen) atoms. The Morgan fingerprint density at radius 3 is 2.82 bits per heavy atom. The van der Waals surface area contributed by atoms with Gasteiger partial charge in [0.2, 0.25) is 0 Å². The highest BCUT2D eigenvalue weighted by atomic mass is 16.5. The van der Waals surface area contributed by atoms with E-state index < -0.39 is 7.12 Å². The second kappa shape index (κ2) is 4.20. The van der Waals surface area contributed by atoms with E-state index in [4.69, 9.17) is 9.39 Å². The second-order valence-corrected chi connectivity index (χ2v) is 3.81. The molecule has 0 saturated heterocycles. The molecule has 0 radical (unpaired) electrons. The number of ether oxygens (including phenoxy) is 1. The molecular weight excluding hydrogens is 217 g/mol. The molecule has 0 atom stereocenters. The van der Waals surface area contributed by atoms with Gasteiger partial charge in [0.15, 0.2) is 0 Å². The van der Waals surface area contributed by atoms with Crippen LogP contribution in [0.5, 0.6) is 11.5 Å². The molecule has 0 bridgehead atoms. The molecule has 1 aromatic heterocycles. The number of benzene rings is 1. The summed E-state index contributed by atoms with van der Waals surface area (Å²) in [7, 11) is -0.842. The van der Waals surface area contributed by atoms with Gasteiger partial charge in [0.25, 0.3) is 0 Å². The van der Waals surface area contributed by atoms with Crippen molar-refractivity contribution in [2.75, 3.05) is 0 Å². The average Bonchev–Trinajstić information content (AvgIpc) is 2.73. The molecule has 0 aliphatic carbocycles. The fourth-order valence-electron chi connectivity index (χ4n) is 1.80. The molecular formula is C12H10BNO3. The van der Waals surface area contributed by atoms with Crippen LogP contribution in [0, 0.1) is 0 Å². The smallest absolute Gasteiger partial charge is 0.457 e. The van der Waals surface area contributed by atoms with E-state index in [9.17, 15) is 5.02 Å². The van der Waals surface area contributed by atoms with Gasteiger partial charge < -0.3 is 14.4 Å². The van der Waals surface area contributed by atoms with E-state index in [1.165, 1.54) is 0 Å². The van der Waals surface area contributed by atoms with Crippen molar-refractivity contribution in [1.29, 1.82) is 0 Å². The number of rotatable bonds is 2. The molecule has 2 aromatic rings. The van der Waals surface area contributed by atoms with Crippen molar-refractivity contribution in [3.63, 3.8) is 0 Å². The van der Waals surface area contributed by atoms with Gasteiger partial charge in [0, 0.05) is 12.4 Å². The molecule has 0 amide bonds. The van der Waals surface area contributed by atoms with Gasteiger partial charge in [0.05, 0.1) is 6.61 Å². The van der Waals surface area contributed by atoms with Gasteiger partial charge in [-0.05, 0) is 35.3 Å². The molecule has 0 fully saturated rings. The van der Waals surface area contributed by atoms with Crippen molar-refractivity contribution in [1.82, 2.24) is 4.98 Å². The standard InChI is InChI=1S/C12H10BNO3/c15-13-12-7-11(2-1-9(12)8-16-13)17-10-3-5-14-6-4-10/h1-7,15H,8H2. The van der Waals surface area contributed by atoms with E-state index in [1.807, 2.05) is 12.1 Å². The first kappa shape index (κ1) is 10.3. The van der Waals surface area contributed by atoms with Crippen molar-refractivity contribution in [2.24, 2.45) is 0 Å². The summed E-state index contributed by atoms with van der Waals surface area (Å²) in [4.78, 5) is 3.92. The Hall–Kier alpha value is -1.85. The van der Waals surface area contributed by atoms with Gasteiger partial charge in [-0.3, -0.25) is 4.98 Å². The predicted molar refractivity (Wildman–Crippen MR) is 63.1 cm³/mol. The Bertz CT molecular complexity index is 533. The summed E-state index contributed by atoms with van der Waals surface area (Å²) in [5.41, 5.74) is 1.77. The van der Waals surface area contributed by atoms with Crippen LogP contribution in [-0.2, 0) is 11.3 Å². The third-order valence-corrected chi connectivity index (χ3v) is 2.67. The van der Waals surface area contributed by atoms with Crippen LogP contribution in [0.1, 0.15) is 5.56 Å². The molecule has 1 aromatic carbocycles. The summed E-state index contributed by atoms with van der Waals surface area (Å²) >= 11 is 0. The molecule has 2 heterocycles. The Morgan fingerprint density at radius 1 is 1.18 bits per heavy atom. The zero-order chi connectivity index (χ0) is 11.7. The van der Waals surface area contributed by atoms with Crippen LogP contribution < -0.4 is 10.2 Å². The van der Waals surface area contributed by atoms with Gasteiger partial charge >= 0.3 is 7.12 Å². The first-order valence-electron chi connectivity index (χ1n) is 5.33. The normalized spacial score (nSPS) is 13.6. The van der Waals surface area contributed by atoms with E-state index in [0.717, 1.165) is 11.0 Å². The highest BCUT2D eigenvalue weighted by Gasteiger charge is 2.27. The SMILES string of the molecule is OB1OCc2ccc(Oc3ccncc3)cc21. The van der Waals surface area contributed by atoms with Crippen LogP contribution in [0.4, 0.5) is 0 Å². The molecule has 5 heteroatoms. The predicted octanol–water partition coefficient (Wildman–Crippen LogP) is 1.09. The number of hydrogen-bond acceptors (Lipinski definition) is 4. The number of pyridine rings is 1. The zero-order valence-electron chi connectivity index (χ0n) is 9.04. The minimum absolute atomic E-state index is 0.450. The summed E-state index contributed by atoms with van der Waals surface area (Å²) < 4.78 is 10.8. The highest BCUT2D eigenvalue weighted by molar-refractivity contribution is 6.61. The molecule has 1 N–H and O–H groups in total. The largest absolute Gasteiger partial charge is 0.491 e. The monoisotopic (exact) mass is 227 g/mol. The molecule has 84 valence electrons. The van der Waals surface area contributed by atoms with Crippen LogP contribution in [0.15, 0.2) is 42.7 Å². The maximum atomic E-state index is 9.58. The summed E-state index contributed by atoms with van der Waals surface area (Å²) in [6.45, 7) is 0.450. The Morgan fingerprint density at radius 2 is 2.00 bits per heavy atom. The molecule has 4 nitrogen and oxygen atoms in total. The van der Waals surface area contributed by atoms with Crippen LogP contribution in [0.25, 0.3) is 0 Å². The minimum Gasteiger partial charge on any atom is -0.457 e. The molecule has 0 saturated carbocycles. The van der Waals surface area contributed by atoms with Crippen LogP contribution >= 0.6 is 0 Å². The van der Waals surface area contributed by atoms with Gasteiger partial charge in [-0.2, -0.15) is 0 Å². The number of fused-ring (bicyclic) bond motifs is 1. The Labute approximate surface area is 99.0 Å². The van der Waals surface area contributed by atoms with Crippen molar-refractivity contribution < 1.29 is 14.4 Å². The summed E-state index contributed by atoms with van der Waals surface area (Å²) in [5.74, 6) is 1.40. The van der Waals surface area contributed by atoms with Gasteiger partial charge in [-0.25, -0.2) is 0 Å². The Balaban J connectivity index is 1.88. The summed E-state index contributed by atoms with van der Waals surface area (Å²) in [5, 5.41) is 9.58. The second-order valence-electron chi connectivity index (χ2n) is 3.81. The molecule has 1 aliphatic heterocycles. The van der Waals surface area contributed by atoms with E-state index in [1.54, 1.807) is 30.6 Å². The van der Waals surface area contributed by atoms with E-state index in [2.05, 4.69) is 4.98 Å². The van der Waals surface area contributed by atoms with Gasteiger partial charge in [-0.15, -0.1) is 0 Å². The maximum Gasteiger partial charge on any atom is 0.491 e. The first-order chi connectivity index (χ1) is 8.33. The lowest BCUT2D eigenvalue weighted by Gasteiger charge is -2.06. The fourth-order valence-corrected chi connectivity index (χ4v) is 1.80. The highest BCUT2D eigenvalue weighted by Crippen LogP contribution is 2.21. The van der Waals surface area contributed by atoms with Crippen LogP contribution in [-0.4, -0.2) is 17.1 Å². The van der Waals surface area contributed by atoms with Crippen molar-refractivity contribution in [3.05, 3.63) is 48.3 Å². The van der Waals surface area contributed by atoms with E-state index >= 15 is 0 Å². The third-order valence-electron chi connectivity index (χ3n) is 2.67. The number of hydrogen-bond donors (Lipinski definition) is 1. The van der Waals surface area contributed by atoms with E-state index in [-0.39, 0.29) is 0 Å². The lowest BCUT2D eigenvalue weighted by atomic mass is 9.79. The average molecular weight is 227 g/mol. The topological polar surface area (TPSA) is 51.6 Å². The fraction of sp³-hybridized carbons (Fsp3) is 0.0833. The number of aromatic nitrogens is 1. The van der Waals surface area contributed by atoms with Gasteiger partial charge in [0.1, 0.15) is 11.5 Å². The number of nitrogens with zero attached hydrogens (tertiary/aromatic N) is 1. The summed E-state index contributed by atoms with van der Waals surface area (Å²) in [6.07, 6.45) is 3.33. The Kier molecular flexibility index (Phi) is 2.55. The van der Waals surface area contributed by atoms with Crippen molar-refractivity contribution in [3.8, 4) is 11.5 Å². The van der Waals surface area contributed by atoms with Crippen molar-refractivity contribution in [2.45, 2.75) is 6.61 Å². The quantitative estimate of drug-likeness (QED) is 0.780. The molecule has 3 rings (SSSR count). The molecule has 1 aliphatic rings. The summed E-state index contributed by atoms with van der Waals surface area (Å²) in [6, 6.07) is 9.12. The lowest BCUT2D eigenvalue weighted by Crippen LogP contribution is -2.27.